The van der Waals surface area contributed by atoms with Crippen molar-refractivity contribution in [1.82, 2.24) is 10.2 Å². The van der Waals surface area contributed by atoms with Crippen LogP contribution in [-0.2, 0) is 9.53 Å². The Bertz CT molecular complexity index is 1190. The van der Waals surface area contributed by atoms with Gasteiger partial charge in [0, 0.05) is 18.3 Å². The Morgan fingerprint density at radius 2 is 1.58 bits per heavy atom. The van der Waals surface area contributed by atoms with Crippen LogP contribution in [0.2, 0.25) is 0 Å². The lowest BCUT2D eigenvalue weighted by molar-refractivity contribution is -0.274. The summed E-state index contributed by atoms with van der Waals surface area (Å²) < 4.78 is 51.1. The van der Waals surface area contributed by atoms with Crippen LogP contribution in [-0.4, -0.2) is 34.5 Å². The highest BCUT2D eigenvalue weighted by Crippen LogP contribution is 2.34. The molecule has 0 aliphatic heterocycles. The normalized spacial score (nSPS) is 17.8. The first-order chi connectivity index (χ1) is 17.1. The molecule has 1 fully saturated rings. The molecule has 2 aromatic carbocycles. The zero-order valence-electron chi connectivity index (χ0n) is 19.2. The number of aromatic nitrogens is 2. The highest BCUT2D eigenvalue weighted by atomic mass is 19.4. The molecule has 3 aromatic rings. The summed E-state index contributed by atoms with van der Waals surface area (Å²) in [5.74, 6) is -1.17. The number of amides is 1. The van der Waals surface area contributed by atoms with E-state index in [0.717, 1.165) is 43.4 Å². The largest absolute Gasteiger partial charge is 0.573 e. The van der Waals surface area contributed by atoms with E-state index in [0.29, 0.717) is 17.3 Å². The molecule has 1 heterocycles. The van der Waals surface area contributed by atoms with Crippen molar-refractivity contribution in [3.63, 3.8) is 0 Å². The summed E-state index contributed by atoms with van der Waals surface area (Å²) in [6, 6.07) is 12.2. The van der Waals surface area contributed by atoms with Crippen molar-refractivity contribution >= 4 is 29.3 Å². The standard InChI is InChI=1S/C24H23F3N4O5/c1-14(32)34-19-10-4-16(5-11-19)15-2-6-17(7-3-15)28-21(33)22-30-31-23(35-22)29-18-8-12-20(13-9-18)36-24(25,26)27/h2-3,6-9,12-13,16,19H,4-5,10-11H2,1H3,(H,28,33)(H,29,31). The molecule has 0 saturated heterocycles. The van der Waals surface area contributed by atoms with Crippen LogP contribution in [0.25, 0.3) is 0 Å². The molecule has 2 N–H and O–H groups in total. The van der Waals surface area contributed by atoms with E-state index in [9.17, 15) is 22.8 Å². The lowest BCUT2D eigenvalue weighted by atomic mass is 9.82. The second-order valence-electron chi connectivity index (χ2n) is 8.27. The van der Waals surface area contributed by atoms with Crippen LogP contribution in [0.5, 0.6) is 5.75 Å². The molecule has 0 spiro atoms. The van der Waals surface area contributed by atoms with Gasteiger partial charge in [-0.2, -0.15) is 0 Å². The Morgan fingerprint density at radius 3 is 2.19 bits per heavy atom. The Kier molecular flexibility index (Phi) is 7.41. The summed E-state index contributed by atoms with van der Waals surface area (Å²) in [6.07, 6.45) is -1.33. The summed E-state index contributed by atoms with van der Waals surface area (Å²) in [5.41, 5.74) is 2.05. The van der Waals surface area contributed by atoms with Gasteiger partial charge in [0.05, 0.1) is 0 Å². The first-order valence-corrected chi connectivity index (χ1v) is 11.2. The smallest absolute Gasteiger partial charge is 0.463 e. The predicted molar refractivity (Wildman–Crippen MR) is 122 cm³/mol. The quantitative estimate of drug-likeness (QED) is 0.402. The van der Waals surface area contributed by atoms with Crippen molar-refractivity contribution in [3.8, 4) is 5.75 Å². The van der Waals surface area contributed by atoms with Crippen LogP contribution in [0, 0.1) is 0 Å². The molecule has 1 aliphatic carbocycles. The molecule has 0 bridgehead atoms. The molecule has 0 unspecified atom stereocenters. The number of ether oxygens (including phenoxy) is 2. The number of anilines is 3. The fourth-order valence-electron chi connectivity index (χ4n) is 4.00. The number of esters is 1. The molecular formula is C24H23F3N4O5. The first-order valence-electron chi connectivity index (χ1n) is 11.2. The molecule has 4 rings (SSSR count). The number of halogens is 3. The summed E-state index contributed by atoms with van der Waals surface area (Å²) in [7, 11) is 0. The number of nitrogens with one attached hydrogen (secondary N) is 2. The summed E-state index contributed by atoms with van der Waals surface area (Å²) in [5, 5.41) is 12.8. The third kappa shape index (κ3) is 6.96. The number of nitrogens with zero attached hydrogens (tertiary/aromatic N) is 2. The molecule has 12 heteroatoms. The molecule has 9 nitrogen and oxygen atoms in total. The number of carbonyl (C=O) groups is 2. The van der Waals surface area contributed by atoms with E-state index in [1.165, 1.54) is 19.1 Å². The average Bonchev–Trinajstić information content (AvgIpc) is 3.29. The summed E-state index contributed by atoms with van der Waals surface area (Å²) in [4.78, 5) is 23.6. The fraction of sp³-hybridized carbons (Fsp3) is 0.333. The van der Waals surface area contributed by atoms with Crippen LogP contribution >= 0.6 is 0 Å². The Hall–Kier alpha value is -4.09. The minimum Gasteiger partial charge on any atom is -0.463 e. The second-order valence-corrected chi connectivity index (χ2v) is 8.27. The molecule has 1 amide bonds. The van der Waals surface area contributed by atoms with Crippen molar-refractivity contribution in [3.05, 3.63) is 60.0 Å². The minimum atomic E-state index is -4.78. The van der Waals surface area contributed by atoms with Crippen molar-refractivity contribution in [2.24, 2.45) is 0 Å². The predicted octanol–water partition coefficient (Wildman–Crippen LogP) is 5.55. The zero-order chi connectivity index (χ0) is 25.7. The number of carbonyl (C=O) groups excluding carboxylic acids is 2. The lowest BCUT2D eigenvalue weighted by Gasteiger charge is -2.28. The van der Waals surface area contributed by atoms with E-state index in [4.69, 9.17) is 9.15 Å². The van der Waals surface area contributed by atoms with Crippen LogP contribution in [0.15, 0.2) is 52.9 Å². The van der Waals surface area contributed by atoms with Gasteiger partial charge in [0.25, 0.3) is 0 Å². The van der Waals surface area contributed by atoms with Gasteiger partial charge in [0.2, 0.25) is 0 Å². The fourth-order valence-corrected chi connectivity index (χ4v) is 4.00. The van der Waals surface area contributed by atoms with Crippen molar-refractivity contribution in [2.45, 2.75) is 51.0 Å². The van der Waals surface area contributed by atoms with Gasteiger partial charge in [-0.25, -0.2) is 0 Å². The maximum atomic E-state index is 12.5. The number of hydrogen-bond donors (Lipinski definition) is 2. The molecule has 0 atom stereocenters. The van der Waals surface area contributed by atoms with Crippen LogP contribution < -0.4 is 15.4 Å². The maximum absolute atomic E-state index is 12.5. The number of benzene rings is 2. The average molecular weight is 504 g/mol. The molecular weight excluding hydrogens is 481 g/mol. The van der Waals surface area contributed by atoms with E-state index >= 15 is 0 Å². The van der Waals surface area contributed by atoms with Gasteiger partial charge in [-0.15, -0.1) is 18.3 Å². The van der Waals surface area contributed by atoms with Crippen LogP contribution in [0.3, 0.4) is 0 Å². The van der Waals surface area contributed by atoms with E-state index in [1.54, 1.807) is 12.1 Å². The van der Waals surface area contributed by atoms with Gasteiger partial charge >= 0.3 is 30.1 Å². The third-order valence-electron chi connectivity index (χ3n) is 5.61. The Balaban J connectivity index is 1.29. The van der Waals surface area contributed by atoms with E-state index in [-0.39, 0.29) is 29.7 Å². The van der Waals surface area contributed by atoms with Gasteiger partial charge in [0.1, 0.15) is 11.9 Å². The summed E-state index contributed by atoms with van der Waals surface area (Å²) >= 11 is 0. The summed E-state index contributed by atoms with van der Waals surface area (Å²) in [6.45, 7) is 1.42. The molecule has 1 saturated carbocycles. The monoisotopic (exact) mass is 504 g/mol. The third-order valence-corrected chi connectivity index (χ3v) is 5.61. The maximum Gasteiger partial charge on any atom is 0.573 e. The zero-order valence-corrected chi connectivity index (χ0v) is 19.2. The van der Waals surface area contributed by atoms with Gasteiger partial charge in [0.15, 0.2) is 0 Å². The number of hydrogen-bond acceptors (Lipinski definition) is 8. The molecule has 1 aliphatic rings. The minimum absolute atomic E-state index is 0.0196. The second kappa shape index (κ2) is 10.7. The molecule has 0 radical (unpaired) electrons. The molecule has 190 valence electrons. The van der Waals surface area contributed by atoms with Gasteiger partial charge < -0.3 is 24.5 Å². The Labute approximate surface area is 204 Å². The lowest BCUT2D eigenvalue weighted by Crippen LogP contribution is -2.22. The van der Waals surface area contributed by atoms with Gasteiger partial charge in [-0.05, 0) is 73.6 Å². The van der Waals surface area contributed by atoms with Crippen molar-refractivity contribution < 1.29 is 36.7 Å². The Morgan fingerprint density at radius 1 is 0.944 bits per heavy atom. The highest BCUT2D eigenvalue weighted by molar-refractivity contribution is 6.00. The number of rotatable bonds is 7. The van der Waals surface area contributed by atoms with Gasteiger partial charge in [-0.3, -0.25) is 9.59 Å². The molecule has 36 heavy (non-hydrogen) atoms. The SMILES string of the molecule is CC(=O)OC1CCC(c2ccc(NC(=O)c3nnc(Nc4ccc(OC(F)(F)F)cc4)o3)cc2)CC1. The topological polar surface area (TPSA) is 116 Å². The van der Waals surface area contributed by atoms with E-state index in [1.807, 2.05) is 12.1 Å². The van der Waals surface area contributed by atoms with Crippen LogP contribution in [0.1, 0.15) is 54.8 Å². The van der Waals surface area contributed by atoms with Gasteiger partial charge in [-0.1, -0.05) is 17.2 Å². The molecule has 1 aromatic heterocycles. The van der Waals surface area contributed by atoms with Crippen molar-refractivity contribution in [2.75, 3.05) is 10.6 Å². The van der Waals surface area contributed by atoms with E-state index in [2.05, 4.69) is 25.6 Å². The number of alkyl halides is 3. The highest BCUT2D eigenvalue weighted by Gasteiger charge is 2.31. The van der Waals surface area contributed by atoms with E-state index < -0.39 is 12.3 Å². The van der Waals surface area contributed by atoms with Crippen LogP contribution in [0.4, 0.5) is 30.6 Å². The van der Waals surface area contributed by atoms with Crippen molar-refractivity contribution in [1.29, 1.82) is 0 Å². The first kappa shape index (κ1) is 25.0.